The number of nitrogens with one attached hydrogen (secondary N) is 1. The van der Waals surface area contributed by atoms with Gasteiger partial charge in [-0.2, -0.15) is 0 Å². The molecule has 1 amide bonds. The van der Waals surface area contributed by atoms with Crippen molar-refractivity contribution in [1.29, 1.82) is 0 Å². The number of hydrogen-bond acceptors (Lipinski definition) is 7. The van der Waals surface area contributed by atoms with Gasteiger partial charge in [0.2, 0.25) is 0 Å². The number of nitrogens with zero attached hydrogens (tertiary/aromatic N) is 2. The van der Waals surface area contributed by atoms with Crippen molar-refractivity contribution in [2.75, 3.05) is 19.7 Å². The third-order valence-electron chi connectivity index (χ3n) is 4.08. The number of methoxy groups -OCH3 is 2. The Morgan fingerprint density at radius 2 is 1.61 bits per heavy atom. The van der Waals surface area contributed by atoms with Crippen molar-refractivity contribution in [2.24, 2.45) is 10.2 Å². The maximum atomic E-state index is 12.3. The van der Waals surface area contributed by atoms with Crippen molar-refractivity contribution in [2.45, 2.75) is 0 Å². The molecular weight excluding hydrogens is 422 g/mol. The molecule has 8 nitrogen and oxygen atoms in total. The van der Waals surface area contributed by atoms with Gasteiger partial charge in [0.1, 0.15) is 0 Å². The number of carbonyl (C=O) groups excluding carboxylic acids is 2. The van der Waals surface area contributed by atoms with Crippen LogP contribution in [0.5, 0.6) is 11.5 Å². The third kappa shape index (κ3) is 5.80. The quantitative estimate of drug-likeness (QED) is 0.387. The van der Waals surface area contributed by atoms with Crippen LogP contribution in [-0.4, -0.2) is 26.1 Å². The van der Waals surface area contributed by atoms with Crippen LogP contribution < -0.4 is 15.0 Å². The molecule has 1 N–H and O–H groups in total. The molecule has 0 heterocycles. The zero-order valence-electron chi connectivity index (χ0n) is 16.7. The highest BCUT2D eigenvalue weighted by Crippen LogP contribution is 2.28. The predicted octanol–water partition coefficient (Wildman–Crippen LogP) is 5.47. The molecule has 0 aliphatic heterocycles. The number of hydrogen-bond donors (Lipinski definition) is 1. The number of benzene rings is 3. The van der Waals surface area contributed by atoms with E-state index in [1.165, 1.54) is 26.4 Å². The summed E-state index contributed by atoms with van der Waals surface area (Å²) in [5, 5.41) is 8.08. The van der Waals surface area contributed by atoms with Crippen molar-refractivity contribution < 1.29 is 23.9 Å². The first-order valence-electron chi connectivity index (χ1n) is 9.01. The third-order valence-corrected chi connectivity index (χ3v) is 4.31. The van der Waals surface area contributed by atoms with Gasteiger partial charge in [-0.15, -0.1) is 10.2 Å². The van der Waals surface area contributed by atoms with E-state index in [0.717, 1.165) is 0 Å². The molecule has 0 saturated carbocycles. The summed E-state index contributed by atoms with van der Waals surface area (Å²) in [6.45, 7) is 0. The molecule has 3 rings (SSSR count). The SMILES string of the molecule is COc1ccc(C(=O)N=Nc2ccc(NOC(=O)c3cccc(Cl)c3)cc2)cc1OC. The number of ether oxygens (including phenoxy) is 2. The number of amides is 1. The smallest absolute Gasteiger partial charge is 0.362 e. The molecule has 0 radical (unpaired) electrons. The molecule has 3 aromatic rings. The standard InChI is InChI=1S/C22H18ClN3O5/c1-29-19-11-6-14(13-20(19)30-2)21(27)25-24-17-7-9-18(10-8-17)26-31-22(28)15-4-3-5-16(23)12-15/h3-13,26H,1-2H3. The van der Waals surface area contributed by atoms with E-state index in [-0.39, 0.29) is 0 Å². The Balaban J connectivity index is 1.59. The summed E-state index contributed by atoms with van der Waals surface area (Å²) in [7, 11) is 2.99. The highest BCUT2D eigenvalue weighted by Gasteiger charge is 2.10. The van der Waals surface area contributed by atoms with E-state index in [1.807, 2.05) is 0 Å². The summed E-state index contributed by atoms with van der Waals surface area (Å²) < 4.78 is 10.3. The normalized spacial score (nSPS) is 10.5. The van der Waals surface area contributed by atoms with Crippen molar-refractivity contribution in [3.05, 3.63) is 82.9 Å². The predicted molar refractivity (Wildman–Crippen MR) is 115 cm³/mol. The Bertz CT molecular complexity index is 1120. The minimum Gasteiger partial charge on any atom is -0.493 e. The molecular formula is C22H18ClN3O5. The van der Waals surface area contributed by atoms with Crippen molar-refractivity contribution in [3.63, 3.8) is 0 Å². The summed E-state index contributed by atoms with van der Waals surface area (Å²) in [6.07, 6.45) is 0. The largest absolute Gasteiger partial charge is 0.493 e. The fourth-order valence-electron chi connectivity index (χ4n) is 2.51. The molecule has 0 fully saturated rings. The van der Waals surface area contributed by atoms with E-state index in [1.54, 1.807) is 54.6 Å². The molecule has 31 heavy (non-hydrogen) atoms. The summed E-state index contributed by atoms with van der Waals surface area (Å²) in [5.41, 5.74) is 4.14. The van der Waals surface area contributed by atoms with Crippen LogP contribution in [0.2, 0.25) is 5.02 Å². The molecule has 0 aromatic heterocycles. The van der Waals surface area contributed by atoms with Crippen molar-refractivity contribution in [3.8, 4) is 11.5 Å². The van der Waals surface area contributed by atoms with Gasteiger partial charge >= 0.3 is 5.97 Å². The zero-order chi connectivity index (χ0) is 22.2. The Morgan fingerprint density at radius 1 is 0.871 bits per heavy atom. The van der Waals surface area contributed by atoms with Gasteiger partial charge in [0.05, 0.1) is 31.2 Å². The van der Waals surface area contributed by atoms with E-state index in [2.05, 4.69) is 15.7 Å². The lowest BCUT2D eigenvalue weighted by atomic mass is 10.2. The number of anilines is 1. The number of rotatable bonds is 7. The molecule has 0 atom stereocenters. The summed E-state index contributed by atoms with van der Waals surface area (Å²) >= 11 is 5.86. The average Bonchev–Trinajstić information content (AvgIpc) is 2.81. The second-order valence-corrected chi connectivity index (χ2v) is 6.56. The fourth-order valence-corrected chi connectivity index (χ4v) is 2.70. The summed E-state index contributed by atoms with van der Waals surface area (Å²) in [6, 6.07) is 17.6. The molecule has 0 saturated heterocycles. The molecule has 0 bridgehead atoms. The Hall–Kier alpha value is -3.91. The monoisotopic (exact) mass is 439 g/mol. The van der Waals surface area contributed by atoms with Gasteiger partial charge in [0.15, 0.2) is 11.5 Å². The second kappa shape index (κ2) is 10.2. The summed E-state index contributed by atoms with van der Waals surface area (Å²) in [4.78, 5) is 29.3. The van der Waals surface area contributed by atoms with Gasteiger partial charge in [-0.1, -0.05) is 17.7 Å². The lowest BCUT2D eigenvalue weighted by Gasteiger charge is -2.07. The lowest BCUT2D eigenvalue weighted by Crippen LogP contribution is -2.10. The van der Waals surface area contributed by atoms with E-state index in [4.69, 9.17) is 25.9 Å². The molecule has 0 spiro atoms. The molecule has 158 valence electrons. The number of azo groups is 1. The van der Waals surface area contributed by atoms with Crippen LogP contribution >= 0.6 is 11.6 Å². The van der Waals surface area contributed by atoms with Crippen LogP contribution in [0, 0.1) is 0 Å². The van der Waals surface area contributed by atoms with Gasteiger partial charge in [-0.25, -0.2) is 10.3 Å². The average molecular weight is 440 g/mol. The van der Waals surface area contributed by atoms with Crippen LogP contribution in [0.4, 0.5) is 11.4 Å². The van der Waals surface area contributed by atoms with E-state index < -0.39 is 11.9 Å². The molecule has 0 aliphatic rings. The molecule has 0 aliphatic carbocycles. The first-order chi connectivity index (χ1) is 15.0. The highest BCUT2D eigenvalue weighted by atomic mass is 35.5. The number of carbonyl (C=O) groups is 2. The molecule has 0 unspecified atom stereocenters. The Kier molecular flexibility index (Phi) is 7.18. The minimum atomic E-state index is -0.577. The molecule has 3 aromatic carbocycles. The van der Waals surface area contributed by atoms with Gasteiger partial charge in [0, 0.05) is 10.6 Å². The van der Waals surface area contributed by atoms with E-state index in [9.17, 15) is 9.59 Å². The van der Waals surface area contributed by atoms with Crippen LogP contribution in [0.3, 0.4) is 0 Å². The lowest BCUT2D eigenvalue weighted by molar-refractivity contribution is 0.0596. The second-order valence-electron chi connectivity index (χ2n) is 6.12. The van der Waals surface area contributed by atoms with Gasteiger partial charge in [-0.05, 0) is 60.7 Å². The fraction of sp³-hybridized carbons (Fsp3) is 0.0909. The molecule has 9 heteroatoms. The van der Waals surface area contributed by atoms with Crippen LogP contribution in [-0.2, 0) is 4.84 Å². The maximum absolute atomic E-state index is 12.3. The number of halogens is 1. The topological polar surface area (TPSA) is 98.6 Å². The van der Waals surface area contributed by atoms with Gasteiger partial charge < -0.3 is 14.3 Å². The maximum Gasteiger partial charge on any atom is 0.362 e. The van der Waals surface area contributed by atoms with Gasteiger partial charge in [0.25, 0.3) is 5.91 Å². The van der Waals surface area contributed by atoms with Crippen molar-refractivity contribution in [1.82, 2.24) is 0 Å². The van der Waals surface area contributed by atoms with Crippen LogP contribution in [0.1, 0.15) is 20.7 Å². The van der Waals surface area contributed by atoms with E-state index in [0.29, 0.717) is 39.0 Å². The van der Waals surface area contributed by atoms with Crippen LogP contribution in [0.25, 0.3) is 0 Å². The highest BCUT2D eigenvalue weighted by molar-refractivity contribution is 6.30. The zero-order valence-corrected chi connectivity index (χ0v) is 17.4. The van der Waals surface area contributed by atoms with Crippen LogP contribution in [0.15, 0.2) is 77.0 Å². The van der Waals surface area contributed by atoms with Crippen molar-refractivity contribution >= 4 is 34.9 Å². The summed E-state index contributed by atoms with van der Waals surface area (Å²) in [5.74, 6) is -0.174. The van der Waals surface area contributed by atoms with Gasteiger partial charge in [-0.3, -0.25) is 4.79 Å². The first-order valence-corrected chi connectivity index (χ1v) is 9.39. The minimum absolute atomic E-state index is 0.313. The Morgan fingerprint density at radius 3 is 2.29 bits per heavy atom. The van der Waals surface area contributed by atoms with E-state index >= 15 is 0 Å². The Labute approximate surface area is 183 Å². The first kappa shape index (κ1) is 21.8.